The van der Waals surface area contributed by atoms with Gasteiger partial charge in [0.1, 0.15) is 0 Å². The lowest BCUT2D eigenvalue weighted by Crippen LogP contribution is -2.32. The maximum Gasteiger partial charge on any atom is 0.416 e. The fraction of sp³-hybridized carbons (Fsp3) is 0.0625. The Bertz CT molecular complexity index is 822. The second-order valence-electron chi connectivity index (χ2n) is 4.79. The van der Waals surface area contributed by atoms with Gasteiger partial charge in [0.15, 0.2) is 0 Å². The van der Waals surface area contributed by atoms with Gasteiger partial charge in [-0.15, -0.1) is 0 Å². The lowest BCUT2D eigenvalue weighted by atomic mass is 10.2. The van der Waals surface area contributed by atoms with E-state index in [2.05, 4.69) is 33.0 Å². The average molecular weight is 461 g/mol. The Morgan fingerprint density at radius 1 is 1.04 bits per heavy atom. The molecular formula is C16H11F3IN3O2. The van der Waals surface area contributed by atoms with Crippen molar-refractivity contribution in [3.63, 3.8) is 0 Å². The molecule has 0 aliphatic carbocycles. The molecule has 2 aromatic rings. The predicted molar refractivity (Wildman–Crippen MR) is 95.0 cm³/mol. The molecule has 0 bridgehead atoms. The SMILES string of the molecule is O=C(N/N=C/c1cccc(I)c1)C(=O)Nc1cccc(C(F)(F)F)c1. The van der Waals surface area contributed by atoms with Crippen LogP contribution < -0.4 is 10.7 Å². The first-order valence-corrected chi connectivity index (χ1v) is 7.91. The highest BCUT2D eigenvalue weighted by molar-refractivity contribution is 14.1. The van der Waals surface area contributed by atoms with Gasteiger partial charge >= 0.3 is 18.0 Å². The number of carbonyl (C=O) groups excluding carboxylic acids is 2. The fourth-order valence-corrected chi connectivity index (χ4v) is 2.33. The van der Waals surface area contributed by atoms with Gasteiger partial charge in [-0.1, -0.05) is 18.2 Å². The smallest absolute Gasteiger partial charge is 0.318 e. The topological polar surface area (TPSA) is 70.6 Å². The molecular weight excluding hydrogens is 450 g/mol. The number of nitrogens with one attached hydrogen (secondary N) is 2. The minimum atomic E-state index is -4.54. The fourth-order valence-electron chi connectivity index (χ4n) is 1.76. The van der Waals surface area contributed by atoms with Gasteiger partial charge in [-0.05, 0) is 58.5 Å². The van der Waals surface area contributed by atoms with Crippen molar-refractivity contribution in [1.82, 2.24) is 5.43 Å². The van der Waals surface area contributed by atoms with E-state index in [4.69, 9.17) is 0 Å². The Kier molecular flexibility index (Phi) is 6.12. The van der Waals surface area contributed by atoms with Crippen LogP contribution in [0.2, 0.25) is 0 Å². The highest BCUT2D eigenvalue weighted by Crippen LogP contribution is 2.30. The normalized spacial score (nSPS) is 11.4. The summed E-state index contributed by atoms with van der Waals surface area (Å²) in [4.78, 5) is 23.3. The van der Waals surface area contributed by atoms with Gasteiger partial charge in [-0.2, -0.15) is 18.3 Å². The van der Waals surface area contributed by atoms with Crippen LogP contribution in [0.1, 0.15) is 11.1 Å². The number of benzene rings is 2. The van der Waals surface area contributed by atoms with Crippen LogP contribution in [0, 0.1) is 3.57 Å². The van der Waals surface area contributed by atoms with Gasteiger partial charge in [0, 0.05) is 9.26 Å². The van der Waals surface area contributed by atoms with Crippen LogP contribution in [0.3, 0.4) is 0 Å². The minimum Gasteiger partial charge on any atom is -0.318 e. The molecule has 2 amide bonds. The number of hydrogen-bond donors (Lipinski definition) is 2. The highest BCUT2D eigenvalue weighted by atomic mass is 127. The van der Waals surface area contributed by atoms with Crippen LogP contribution in [0.5, 0.6) is 0 Å². The third-order valence-electron chi connectivity index (χ3n) is 2.88. The summed E-state index contributed by atoms with van der Waals surface area (Å²) in [7, 11) is 0. The third-order valence-corrected chi connectivity index (χ3v) is 3.55. The summed E-state index contributed by atoms with van der Waals surface area (Å²) in [5.74, 6) is -2.22. The summed E-state index contributed by atoms with van der Waals surface area (Å²) >= 11 is 2.11. The Labute approximate surface area is 154 Å². The lowest BCUT2D eigenvalue weighted by Gasteiger charge is -2.09. The maximum absolute atomic E-state index is 12.6. The summed E-state index contributed by atoms with van der Waals surface area (Å²) in [6.45, 7) is 0. The number of carbonyl (C=O) groups is 2. The monoisotopic (exact) mass is 461 g/mol. The van der Waals surface area contributed by atoms with E-state index in [-0.39, 0.29) is 5.69 Å². The number of hydrogen-bond acceptors (Lipinski definition) is 3. The average Bonchev–Trinajstić information content (AvgIpc) is 2.54. The summed E-state index contributed by atoms with van der Waals surface area (Å²) in [5.41, 5.74) is 1.65. The van der Waals surface area contributed by atoms with Crippen LogP contribution in [0.25, 0.3) is 0 Å². The first kappa shape index (κ1) is 18.9. The zero-order valence-electron chi connectivity index (χ0n) is 12.5. The summed E-state index contributed by atoms with van der Waals surface area (Å²) in [5, 5.41) is 5.72. The highest BCUT2D eigenvalue weighted by Gasteiger charge is 2.30. The van der Waals surface area contributed by atoms with Crippen molar-refractivity contribution in [2.75, 3.05) is 5.32 Å². The Balaban J connectivity index is 1.95. The minimum absolute atomic E-state index is 0.142. The zero-order chi connectivity index (χ0) is 18.4. The second kappa shape index (κ2) is 8.10. The van der Waals surface area contributed by atoms with E-state index < -0.39 is 23.6 Å². The molecule has 0 radical (unpaired) electrons. The van der Waals surface area contributed by atoms with Crippen LogP contribution in [-0.2, 0) is 15.8 Å². The molecule has 0 atom stereocenters. The van der Waals surface area contributed by atoms with Crippen molar-refractivity contribution in [3.8, 4) is 0 Å². The largest absolute Gasteiger partial charge is 0.416 e. The van der Waals surface area contributed by atoms with Crippen molar-refractivity contribution in [3.05, 3.63) is 63.2 Å². The molecule has 0 fully saturated rings. The van der Waals surface area contributed by atoms with E-state index in [1.165, 1.54) is 12.3 Å². The van der Waals surface area contributed by atoms with Crippen molar-refractivity contribution < 1.29 is 22.8 Å². The molecule has 2 N–H and O–H groups in total. The Morgan fingerprint density at radius 2 is 1.76 bits per heavy atom. The van der Waals surface area contributed by atoms with Crippen molar-refractivity contribution in [2.45, 2.75) is 6.18 Å². The van der Waals surface area contributed by atoms with E-state index in [1.807, 2.05) is 11.5 Å². The number of anilines is 1. The van der Waals surface area contributed by atoms with Gasteiger partial charge < -0.3 is 5.32 Å². The van der Waals surface area contributed by atoms with E-state index >= 15 is 0 Å². The molecule has 9 heteroatoms. The first-order valence-electron chi connectivity index (χ1n) is 6.83. The van der Waals surface area contributed by atoms with Crippen LogP contribution in [-0.4, -0.2) is 18.0 Å². The number of rotatable bonds is 3. The van der Waals surface area contributed by atoms with E-state index in [1.54, 1.807) is 18.2 Å². The number of halogens is 4. The molecule has 0 aliphatic heterocycles. The lowest BCUT2D eigenvalue weighted by molar-refractivity contribution is -0.137. The van der Waals surface area contributed by atoms with Gasteiger partial charge in [0.2, 0.25) is 0 Å². The summed E-state index contributed by atoms with van der Waals surface area (Å²) in [6.07, 6.45) is -3.20. The van der Waals surface area contributed by atoms with Gasteiger partial charge in [-0.25, -0.2) is 5.43 Å². The van der Waals surface area contributed by atoms with E-state index in [0.29, 0.717) is 5.56 Å². The van der Waals surface area contributed by atoms with Crippen molar-refractivity contribution >= 4 is 46.3 Å². The summed E-state index contributed by atoms with van der Waals surface area (Å²) < 4.78 is 38.8. The standard InChI is InChI=1S/C16H11F3IN3O2/c17-16(18,19)11-4-2-6-13(8-11)22-14(24)15(25)23-21-9-10-3-1-5-12(20)7-10/h1-9H,(H,22,24)(H,23,25)/b21-9+. The molecule has 5 nitrogen and oxygen atoms in total. The van der Waals surface area contributed by atoms with E-state index in [9.17, 15) is 22.8 Å². The number of alkyl halides is 3. The molecule has 0 spiro atoms. The molecule has 0 unspecified atom stereocenters. The molecule has 25 heavy (non-hydrogen) atoms. The van der Waals surface area contributed by atoms with Crippen LogP contribution in [0.4, 0.5) is 18.9 Å². The molecule has 130 valence electrons. The quantitative estimate of drug-likeness (QED) is 0.319. The Morgan fingerprint density at radius 3 is 2.44 bits per heavy atom. The van der Waals surface area contributed by atoms with Crippen LogP contribution in [0.15, 0.2) is 53.6 Å². The molecule has 2 rings (SSSR count). The maximum atomic E-state index is 12.6. The number of nitrogens with zero attached hydrogens (tertiary/aromatic N) is 1. The van der Waals surface area contributed by atoms with Crippen LogP contribution >= 0.6 is 22.6 Å². The first-order chi connectivity index (χ1) is 11.8. The molecule has 0 aliphatic rings. The van der Waals surface area contributed by atoms with Gasteiger partial charge in [-0.3, -0.25) is 9.59 Å². The third kappa shape index (κ3) is 5.85. The van der Waals surface area contributed by atoms with Gasteiger partial charge in [0.25, 0.3) is 0 Å². The molecule has 0 heterocycles. The molecule has 0 aromatic heterocycles. The second-order valence-corrected chi connectivity index (χ2v) is 6.03. The molecule has 0 saturated heterocycles. The van der Waals surface area contributed by atoms with Crippen molar-refractivity contribution in [2.24, 2.45) is 5.10 Å². The number of hydrazone groups is 1. The van der Waals surface area contributed by atoms with Gasteiger partial charge in [0.05, 0.1) is 11.8 Å². The Hall–Kier alpha value is -2.43. The molecule has 0 saturated carbocycles. The molecule has 2 aromatic carbocycles. The summed E-state index contributed by atoms with van der Waals surface area (Å²) in [6, 6.07) is 11.2. The van der Waals surface area contributed by atoms with Crippen molar-refractivity contribution in [1.29, 1.82) is 0 Å². The number of amides is 2. The predicted octanol–water partition coefficient (Wildman–Crippen LogP) is 3.40. The van der Waals surface area contributed by atoms with E-state index in [0.717, 1.165) is 21.8 Å². The zero-order valence-corrected chi connectivity index (χ0v) is 14.6.